The van der Waals surface area contributed by atoms with Gasteiger partial charge >= 0.3 is 0 Å². The summed E-state index contributed by atoms with van der Waals surface area (Å²) in [5, 5.41) is 0.784. The van der Waals surface area contributed by atoms with E-state index in [-0.39, 0.29) is 0 Å². The van der Waals surface area contributed by atoms with Crippen LogP contribution in [0.1, 0.15) is 5.56 Å². The van der Waals surface area contributed by atoms with Crippen LogP contribution in [0.4, 0.5) is 5.69 Å². The minimum atomic E-state index is 0.735. The maximum Gasteiger partial charge on any atom is 0.129 e. The summed E-state index contributed by atoms with van der Waals surface area (Å²) >= 11 is 10.6. The number of rotatable bonds is 3. The van der Waals surface area contributed by atoms with Crippen LogP contribution in [-0.4, -0.2) is 17.0 Å². The fourth-order valence-corrected chi connectivity index (χ4v) is 3.91. The summed E-state index contributed by atoms with van der Waals surface area (Å²) in [6, 6.07) is 7.86. The summed E-state index contributed by atoms with van der Waals surface area (Å²) in [5.41, 5.74) is 2.13. The highest BCUT2D eigenvalue weighted by Gasteiger charge is 2.13. The van der Waals surface area contributed by atoms with Gasteiger partial charge in [0.15, 0.2) is 0 Å². The Bertz CT molecular complexity index is 543. The SMILES string of the molecule is CN(Cc1ccccc1Cl)c1c(I)ncnc1I. The van der Waals surface area contributed by atoms with Gasteiger partial charge in [0.2, 0.25) is 0 Å². The van der Waals surface area contributed by atoms with Crippen LogP contribution in [-0.2, 0) is 6.54 Å². The average molecular weight is 485 g/mol. The lowest BCUT2D eigenvalue weighted by Crippen LogP contribution is -2.20. The first-order valence-corrected chi connectivity index (χ1v) is 7.73. The summed E-state index contributed by atoms with van der Waals surface area (Å²) in [4.78, 5) is 10.6. The minimum Gasteiger partial charge on any atom is -0.366 e. The molecule has 0 spiro atoms. The summed E-state index contributed by atoms with van der Waals surface area (Å²) < 4.78 is 1.89. The zero-order valence-corrected chi connectivity index (χ0v) is 14.6. The lowest BCUT2D eigenvalue weighted by atomic mass is 10.2. The van der Waals surface area contributed by atoms with E-state index in [2.05, 4.69) is 60.0 Å². The highest BCUT2D eigenvalue weighted by atomic mass is 127. The molecule has 2 rings (SSSR count). The van der Waals surface area contributed by atoms with Gasteiger partial charge in [0, 0.05) is 18.6 Å². The van der Waals surface area contributed by atoms with Crippen molar-refractivity contribution >= 4 is 62.5 Å². The molecule has 94 valence electrons. The van der Waals surface area contributed by atoms with Gasteiger partial charge in [-0.1, -0.05) is 29.8 Å². The summed E-state index contributed by atoms with van der Waals surface area (Å²) in [7, 11) is 2.02. The fraction of sp³-hybridized carbons (Fsp3) is 0.167. The molecule has 0 radical (unpaired) electrons. The Morgan fingerprint density at radius 1 is 1.17 bits per heavy atom. The maximum absolute atomic E-state index is 6.17. The zero-order chi connectivity index (χ0) is 13.1. The molecule has 18 heavy (non-hydrogen) atoms. The second-order valence-electron chi connectivity index (χ2n) is 3.75. The van der Waals surface area contributed by atoms with Crippen molar-refractivity contribution in [1.29, 1.82) is 0 Å². The predicted molar refractivity (Wildman–Crippen MR) is 91.0 cm³/mol. The topological polar surface area (TPSA) is 29.0 Å². The molecule has 1 aromatic heterocycles. The third-order valence-corrected chi connectivity index (χ3v) is 4.43. The van der Waals surface area contributed by atoms with E-state index in [1.54, 1.807) is 6.33 Å². The normalized spacial score (nSPS) is 10.4. The van der Waals surface area contributed by atoms with Crippen LogP contribution in [0.25, 0.3) is 0 Å². The standard InChI is InChI=1S/C12H10ClI2N3/c1-18(6-8-4-2-3-5-9(8)13)10-11(14)16-7-17-12(10)15/h2-5,7H,6H2,1H3. The summed E-state index contributed by atoms with van der Waals surface area (Å²) in [6.07, 6.45) is 1.58. The van der Waals surface area contributed by atoms with Gasteiger partial charge in [-0.3, -0.25) is 0 Å². The van der Waals surface area contributed by atoms with Crippen molar-refractivity contribution in [3.05, 3.63) is 48.6 Å². The Hall–Kier alpha value is -0.150. The Morgan fingerprint density at radius 2 is 1.78 bits per heavy atom. The first kappa shape index (κ1) is 14.3. The molecule has 1 aromatic carbocycles. The third kappa shape index (κ3) is 3.24. The van der Waals surface area contributed by atoms with E-state index in [1.807, 2.05) is 31.3 Å². The first-order valence-electron chi connectivity index (χ1n) is 5.20. The van der Waals surface area contributed by atoms with Gasteiger partial charge in [-0.2, -0.15) is 0 Å². The van der Waals surface area contributed by atoms with Crippen molar-refractivity contribution in [2.24, 2.45) is 0 Å². The Morgan fingerprint density at radius 3 is 2.39 bits per heavy atom. The molecule has 0 bridgehead atoms. The molecule has 0 atom stereocenters. The lowest BCUT2D eigenvalue weighted by Gasteiger charge is -2.21. The first-order chi connectivity index (χ1) is 8.59. The van der Waals surface area contributed by atoms with Gasteiger partial charge in [0.1, 0.15) is 19.4 Å². The predicted octanol–water partition coefficient (Wildman–Crippen LogP) is 3.98. The zero-order valence-electron chi connectivity index (χ0n) is 9.57. The van der Waals surface area contributed by atoms with E-state index in [4.69, 9.17) is 11.6 Å². The molecule has 0 unspecified atom stereocenters. The highest BCUT2D eigenvalue weighted by Crippen LogP contribution is 2.26. The molecular formula is C12H10ClI2N3. The van der Waals surface area contributed by atoms with Crippen LogP contribution in [0.5, 0.6) is 0 Å². The molecule has 0 fully saturated rings. The molecule has 3 nitrogen and oxygen atoms in total. The monoisotopic (exact) mass is 485 g/mol. The molecule has 1 heterocycles. The number of halogens is 3. The molecule has 0 saturated carbocycles. The summed E-state index contributed by atoms with van der Waals surface area (Å²) in [6.45, 7) is 0.735. The number of anilines is 1. The number of nitrogens with zero attached hydrogens (tertiary/aromatic N) is 3. The van der Waals surface area contributed by atoms with Gasteiger partial charge in [0.25, 0.3) is 0 Å². The van der Waals surface area contributed by atoms with Crippen LogP contribution in [0, 0.1) is 7.40 Å². The maximum atomic E-state index is 6.17. The molecule has 0 saturated heterocycles. The molecule has 0 aliphatic carbocycles. The number of hydrogen-bond donors (Lipinski definition) is 0. The van der Waals surface area contributed by atoms with Crippen LogP contribution in [0.15, 0.2) is 30.6 Å². The van der Waals surface area contributed by atoms with E-state index in [1.165, 1.54) is 0 Å². The number of benzene rings is 1. The molecule has 6 heteroatoms. The van der Waals surface area contributed by atoms with Gasteiger partial charge in [-0.25, -0.2) is 9.97 Å². The molecule has 2 aromatic rings. The van der Waals surface area contributed by atoms with E-state index in [0.29, 0.717) is 0 Å². The van der Waals surface area contributed by atoms with Crippen LogP contribution in [0.2, 0.25) is 5.02 Å². The van der Waals surface area contributed by atoms with E-state index >= 15 is 0 Å². The molecular weight excluding hydrogens is 475 g/mol. The van der Waals surface area contributed by atoms with Gasteiger partial charge < -0.3 is 4.90 Å². The fourth-order valence-electron chi connectivity index (χ4n) is 1.61. The highest BCUT2D eigenvalue weighted by molar-refractivity contribution is 14.1. The minimum absolute atomic E-state index is 0.735. The molecule has 0 N–H and O–H groups in total. The molecule has 0 amide bonds. The Labute approximate surface area is 138 Å². The van der Waals surface area contributed by atoms with Gasteiger partial charge in [-0.05, 0) is 56.8 Å². The third-order valence-electron chi connectivity index (χ3n) is 2.48. The van der Waals surface area contributed by atoms with Crippen LogP contribution >= 0.6 is 56.8 Å². The van der Waals surface area contributed by atoms with Crippen molar-refractivity contribution in [3.8, 4) is 0 Å². The second-order valence-corrected chi connectivity index (χ2v) is 6.20. The van der Waals surface area contributed by atoms with Crippen LogP contribution in [0.3, 0.4) is 0 Å². The Kier molecular flexibility index (Phi) is 5.02. The number of aromatic nitrogens is 2. The van der Waals surface area contributed by atoms with Crippen molar-refractivity contribution in [2.75, 3.05) is 11.9 Å². The van der Waals surface area contributed by atoms with E-state index < -0.39 is 0 Å². The van der Waals surface area contributed by atoms with Gasteiger partial charge in [0.05, 0.1) is 0 Å². The van der Waals surface area contributed by atoms with Crippen molar-refractivity contribution in [3.63, 3.8) is 0 Å². The largest absolute Gasteiger partial charge is 0.366 e. The molecule has 0 aliphatic rings. The lowest BCUT2D eigenvalue weighted by molar-refractivity contribution is 0.894. The van der Waals surface area contributed by atoms with Crippen molar-refractivity contribution < 1.29 is 0 Å². The number of hydrogen-bond acceptors (Lipinski definition) is 3. The smallest absolute Gasteiger partial charge is 0.129 e. The van der Waals surface area contributed by atoms with Crippen molar-refractivity contribution in [1.82, 2.24) is 9.97 Å². The average Bonchev–Trinajstić information content (AvgIpc) is 2.32. The van der Waals surface area contributed by atoms with Gasteiger partial charge in [-0.15, -0.1) is 0 Å². The van der Waals surface area contributed by atoms with Crippen molar-refractivity contribution in [2.45, 2.75) is 6.54 Å². The van der Waals surface area contributed by atoms with Crippen LogP contribution < -0.4 is 4.90 Å². The summed E-state index contributed by atoms with van der Waals surface area (Å²) in [5.74, 6) is 0. The quantitative estimate of drug-likeness (QED) is 0.487. The Balaban J connectivity index is 2.28. The van der Waals surface area contributed by atoms with E-state index in [0.717, 1.165) is 30.2 Å². The molecule has 0 aliphatic heterocycles. The second kappa shape index (κ2) is 6.33. The van der Waals surface area contributed by atoms with E-state index in [9.17, 15) is 0 Å².